The number of benzene rings is 3. The SMILES string of the molecule is Cc1cc(=O)oc2cc(OC(=O)[C@H](Cc3c[nH]c4ccccc34)NC(=O)OCc3ccccc3)c(Cl)cc12. The van der Waals surface area contributed by atoms with Gasteiger partial charge in [-0.3, -0.25) is 0 Å². The molecule has 1 amide bonds. The number of carbonyl (C=O) groups is 2. The van der Waals surface area contributed by atoms with Crippen molar-refractivity contribution in [3.63, 3.8) is 0 Å². The second-order valence-corrected chi connectivity index (χ2v) is 9.18. The van der Waals surface area contributed by atoms with Gasteiger partial charge in [0.05, 0.1) is 5.02 Å². The number of aryl methyl sites for hydroxylation is 1. The number of rotatable bonds is 7. The van der Waals surface area contributed by atoms with E-state index in [1.54, 1.807) is 19.2 Å². The van der Waals surface area contributed by atoms with E-state index in [4.69, 9.17) is 25.5 Å². The molecule has 0 fully saturated rings. The number of carbonyl (C=O) groups excluding carboxylic acids is 2. The molecule has 0 aliphatic heterocycles. The molecule has 8 nitrogen and oxygen atoms in total. The lowest BCUT2D eigenvalue weighted by Crippen LogP contribution is -2.44. The molecule has 38 heavy (non-hydrogen) atoms. The Labute approximate surface area is 222 Å². The molecule has 0 bridgehead atoms. The van der Waals surface area contributed by atoms with E-state index in [0.717, 1.165) is 22.0 Å². The van der Waals surface area contributed by atoms with Gasteiger partial charge in [0.1, 0.15) is 18.2 Å². The van der Waals surface area contributed by atoms with Gasteiger partial charge in [0.15, 0.2) is 5.75 Å². The zero-order valence-electron chi connectivity index (χ0n) is 20.3. The predicted octanol–water partition coefficient (Wildman–Crippen LogP) is 5.68. The summed E-state index contributed by atoms with van der Waals surface area (Å²) in [5.41, 5.74) is 2.87. The van der Waals surface area contributed by atoms with Crippen LogP contribution in [0.5, 0.6) is 5.75 Å². The first-order chi connectivity index (χ1) is 18.4. The fraction of sp³-hybridized carbons (Fsp3) is 0.138. The number of ether oxygens (including phenoxy) is 2. The second kappa shape index (κ2) is 10.8. The Balaban J connectivity index is 1.39. The maximum atomic E-state index is 13.4. The lowest BCUT2D eigenvalue weighted by Gasteiger charge is -2.18. The molecule has 2 N–H and O–H groups in total. The van der Waals surface area contributed by atoms with Crippen LogP contribution in [0.4, 0.5) is 4.79 Å². The summed E-state index contributed by atoms with van der Waals surface area (Å²) in [5, 5.41) is 4.30. The van der Waals surface area contributed by atoms with Gasteiger partial charge in [0, 0.05) is 41.0 Å². The Morgan fingerprint density at radius 2 is 1.79 bits per heavy atom. The standard InChI is InChI=1S/C29H23ClN2O6/c1-17-11-27(33)37-25-14-26(22(30)13-21(17)25)38-28(34)24(12-19-15-31-23-10-6-5-9-20(19)23)32-29(35)36-16-18-7-3-2-4-8-18/h2-11,13-15,24,31H,12,16H2,1H3,(H,32,35)/t24-/m0/s1. The molecule has 0 saturated heterocycles. The van der Waals surface area contributed by atoms with Crippen LogP contribution in [0.2, 0.25) is 5.02 Å². The Morgan fingerprint density at radius 3 is 2.61 bits per heavy atom. The third kappa shape index (κ3) is 5.55. The summed E-state index contributed by atoms with van der Waals surface area (Å²) in [6.07, 6.45) is 1.13. The van der Waals surface area contributed by atoms with Gasteiger partial charge in [-0.15, -0.1) is 0 Å². The average molecular weight is 531 g/mol. The largest absolute Gasteiger partial charge is 0.445 e. The fourth-order valence-corrected chi connectivity index (χ4v) is 4.40. The lowest BCUT2D eigenvalue weighted by atomic mass is 10.1. The summed E-state index contributed by atoms with van der Waals surface area (Å²) in [6.45, 7) is 1.79. The van der Waals surface area contributed by atoms with Crippen LogP contribution in [0, 0.1) is 6.92 Å². The fourth-order valence-electron chi connectivity index (χ4n) is 4.20. The lowest BCUT2D eigenvalue weighted by molar-refractivity contribution is -0.136. The van der Waals surface area contributed by atoms with E-state index in [1.165, 1.54) is 12.1 Å². The van der Waals surface area contributed by atoms with Gasteiger partial charge in [0.25, 0.3) is 0 Å². The number of amides is 1. The Morgan fingerprint density at radius 1 is 1.03 bits per heavy atom. The second-order valence-electron chi connectivity index (χ2n) is 8.77. The predicted molar refractivity (Wildman–Crippen MR) is 143 cm³/mol. The van der Waals surface area contributed by atoms with Gasteiger partial charge in [0.2, 0.25) is 0 Å². The van der Waals surface area contributed by atoms with Gasteiger partial charge in [-0.25, -0.2) is 14.4 Å². The maximum absolute atomic E-state index is 13.4. The van der Waals surface area contributed by atoms with Crippen molar-refractivity contribution in [3.05, 3.63) is 111 Å². The van der Waals surface area contributed by atoms with Crippen molar-refractivity contribution < 1.29 is 23.5 Å². The third-order valence-corrected chi connectivity index (χ3v) is 6.40. The van der Waals surface area contributed by atoms with Gasteiger partial charge in [-0.2, -0.15) is 0 Å². The number of fused-ring (bicyclic) bond motifs is 2. The highest BCUT2D eigenvalue weighted by Gasteiger charge is 2.26. The van der Waals surface area contributed by atoms with E-state index in [2.05, 4.69) is 10.3 Å². The van der Waals surface area contributed by atoms with Crippen LogP contribution < -0.4 is 15.7 Å². The van der Waals surface area contributed by atoms with Crippen molar-refractivity contribution in [1.29, 1.82) is 0 Å². The summed E-state index contributed by atoms with van der Waals surface area (Å²) < 4.78 is 16.2. The highest BCUT2D eigenvalue weighted by molar-refractivity contribution is 6.33. The summed E-state index contributed by atoms with van der Waals surface area (Å²) >= 11 is 6.39. The van der Waals surface area contributed by atoms with E-state index >= 15 is 0 Å². The minimum atomic E-state index is -1.10. The van der Waals surface area contributed by atoms with E-state index < -0.39 is 23.7 Å². The molecule has 0 saturated carbocycles. The normalized spacial score (nSPS) is 11.8. The minimum Gasteiger partial charge on any atom is -0.445 e. The number of aromatic nitrogens is 1. The van der Waals surface area contributed by atoms with Crippen LogP contribution in [0.3, 0.4) is 0 Å². The first-order valence-electron chi connectivity index (χ1n) is 11.9. The molecule has 0 unspecified atom stereocenters. The first-order valence-corrected chi connectivity index (χ1v) is 12.2. The van der Waals surface area contributed by atoms with E-state index in [9.17, 15) is 14.4 Å². The highest BCUT2D eigenvalue weighted by atomic mass is 35.5. The Bertz CT molecular complexity index is 1690. The number of hydrogen-bond acceptors (Lipinski definition) is 6. The number of para-hydroxylation sites is 1. The van der Waals surface area contributed by atoms with Crippen molar-refractivity contribution in [2.24, 2.45) is 0 Å². The van der Waals surface area contributed by atoms with Crippen LogP contribution in [-0.4, -0.2) is 23.1 Å². The molecule has 1 atom stereocenters. The molecule has 192 valence electrons. The van der Waals surface area contributed by atoms with E-state index in [1.807, 2.05) is 54.6 Å². The molecule has 0 aliphatic rings. The van der Waals surface area contributed by atoms with Crippen molar-refractivity contribution in [1.82, 2.24) is 10.3 Å². The summed E-state index contributed by atoms with van der Waals surface area (Å²) in [5.74, 6) is -0.760. The topological polar surface area (TPSA) is 111 Å². The monoisotopic (exact) mass is 530 g/mol. The highest BCUT2D eigenvalue weighted by Crippen LogP contribution is 2.31. The van der Waals surface area contributed by atoms with Crippen LogP contribution in [0.1, 0.15) is 16.7 Å². The third-order valence-electron chi connectivity index (χ3n) is 6.10. The van der Waals surface area contributed by atoms with Crippen LogP contribution in [0.15, 0.2) is 88.2 Å². The molecule has 2 heterocycles. The maximum Gasteiger partial charge on any atom is 0.408 e. The molecule has 9 heteroatoms. The van der Waals surface area contributed by atoms with Crippen molar-refractivity contribution in [3.8, 4) is 5.75 Å². The van der Waals surface area contributed by atoms with Crippen molar-refractivity contribution >= 4 is 45.5 Å². The van der Waals surface area contributed by atoms with E-state index in [-0.39, 0.29) is 29.4 Å². The number of alkyl carbamates (subject to hydrolysis) is 1. The molecular formula is C29H23ClN2O6. The summed E-state index contributed by atoms with van der Waals surface area (Å²) in [4.78, 5) is 41.0. The summed E-state index contributed by atoms with van der Waals surface area (Å²) in [6, 6.07) is 20.0. The number of hydrogen-bond donors (Lipinski definition) is 2. The van der Waals surface area contributed by atoms with Crippen LogP contribution in [0.25, 0.3) is 21.9 Å². The quantitative estimate of drug-likeness (QED) is 0.159. The molecule has 5 rings (SSSR count). The molecule has 0 spiro atoms. The van der Waals surface area contributed by atoms with Crippen molar-refractivity contribution in [2.75, 3.05) is 0 Å². The number of halogens is 1. The first kappa shape index (κ1) is 25.1. The Hall–Kier alpha value is -4.56. The zero-order valence-corrected chi connectivity index (χ0v) is 21.1. The molecule has 3 aromatic carbocycles. The number of nitrogens with one attached hydrogen (secondary N) is 2. The smallest absolute Gasteiger partial charge is 0.408 e. The average Bonchev–Trinajstić information content (AvgIpc) is 3.31. The van der Waals surface area contributed by atoms with Gasteiger partial charge < -0.3 is 24.2 Å². The molecule has 0 aliphatic carbocycles. The summed E-state index contributed by atoms with van der Waals surface area (Å²) in [7, 11) is 0. The zero-order chi connectivity index (χ0) is 26.6. The Kier molecular flexibility index (Phi) is 7.15. The van der Waals surface area contributed by atoms with E-state index in [0.29, 0.717) is 10.9 Å². The number of aromatic amines is 1. The van der Waals surface area contributed by atoms with Crippen LogP contribution >= 0.6 is 11.6 Å². The molecule has 5 aromatic rings. The number of H-pyrrole nitrogens is 1. The van der Waals surface area contributed by atoms with Crippen LogP contribution in [-0.2, 0) is 22.6 Å². The molecular weight excluding hydrogens is 508 g/mol. The van der Waals surface area contributed by atoms with Gasteiger partial charge in [-0.05, 0) is 35.7 Å². The van der Waals surface area contributed by atoms with Gasteiger partial charge in [-0.1, -0.05) is 60.1 Å². The van der Waals surface area contributed by atoms with Gasteiger partial charge >= 0.3 is 17.7 Å². The minimum absolute atomic E-state index is 0.00120. The number of esters is 1. The molecule has 0 radical (unpaired) electrons. The van der Waals surface area contributed by atoms with Crippen molar-refractivity contribution in [2.45, 2.75) is 26.0 Å². The molecule has 2 aromatic heterocycles.